The third kappa shape index (κ3) is 3.84. The molecule has 0 radical (unpaired) electrons. The fourth-order valence-corrected chi connectivity index (χ4v) is 2.80. The van der Waals surface area contributed by atoms with Gasteiger partial charge in [0.2, 0.25) is 5.95 Å². The highest BCUT2D eigenvalue weighted by Crippen LogP contribution is 2.17. The van der Waals surface area contributed by atoms with Gasteiger partial charge in [-0.25, -0.2) is 10.2 Å². The standard InChI is InChI=1S/C19H24N6O2/c1-12(2)10-11-25-15-16(24(4)19(27)21-17(15)26)20-18(25)23-22-13(3)14-8-6-5-7-9-14/h5-9,12H,10-11H2,1-4H3,(H,20,23)(H,21,26,27). The molecule has 0 unspecified atom stereocenters. The molecule has 27 heavy (non-hydrogen) atoms. The molecule has 8 heteroatoms. The average Bonchev–Trinajstić information content (AvgIpc) is 3.02. The minimum absolute atomic E-state index is 0.336. The Morgan fingerprint density at radius 3 is 2.63 bits per heavy atom. The Balaban J connectivity index is 2.07. The number of hydrogen-bond acceptors (Lipinski definition) is 5. The lowest BCUT2D eigenvalue weighted by Gasteiger charge is -2.10. The van der Waals surface area contributed by atoms with Crippen LogP contribution < -0.4 is 16.7 Å². The summed E-state index contributed by atoms with van der Waals surface area (Å²) in [6, 6.07) is 9.78. The highest BCUT2D eigenvalue weighted by atomic mass is 16.2. The Kier molecular flexibility index (Phi) is 5.25. The largest absolute Gasteiger partial charge is 0.329 e. The number of imidazole rings is 1. The second-order valence-corrected chi connectivity index (χ2v) is 6.94. The van der Waals surface area contributed by atoms with Crippen molar-refractivity contribution in [2.24, 2.45) is 18.1 Å². The summed E-state index contributed by atoms with van der Waals surface area (Å²) in [5, 5.41) is 4.41. The molecule has 142 valence electrons. The van der Waals surface area contributed by atoms with Gasteiger partial charge in [-0.15, -0.1) is 0 Å². The summed E-state index contributed by atoms with van der Waals surface area (Å²) in [6.07, 6.45) is 0.865. The van der Waals surface area contributed by atoms with Crippen LogP contribution in [0.2, 0.25) is 0 Å². The summed E-state index contributed by atoms with van der Waals surface area (Å²) < 4.78 is 3.12. The lowest BCUT2D eigenvalue weighted by molar-refractivity contribution is 0.524. The van der Waals surface area contributed by atoms with E-state index in [1.165, 1.54) is 4.57 Å². The third-order valence-corrected chi connectivity index (χ3v) is 4.45. The van der Waals surface area contributed by atoms with Crippen molar-refractivity contribution in [2.75, 3.05) is 5.43 Å². The van der Waals surface area contributed by atoms with E-state index in [1.807, 2.05) is 37.3 Å². The molecule has 2 aromatic heterocycles. The predicted molar refractivity (Wildman–Crippen MR) is 107 cm³/mol. The van der Waals surface area contributed by atoms with E-state index >= 15 is 0 Å². The van der Waals surface area contributed by atoms with E-state index in [0.717, 1.165) is 17.7 Å². The summed E-state index contributed by atoms with van der Waals surface area (Å²) in [4.78, 5) is 31.1. The van der Waals surface area contributed by atoms with Crippen LogP contribution in [0.4, 0.5) is 5.95 Å². The number of hydrogen-bond donors (Lipinski definition) is 2. The van der Waals surface area contributed by atoms with Crippen molar-refractivity contribution in [3.8, 4) is 0 Å². The molecule has 3 rings (SSSR count). The molecule has 1 aromatic carbocycles. The monoisotopic (exact) mass is 368 g/mol. The first-order valence-corrected chi connectivity index (χ1v) is 8.93. The fraction of sp³-hybridized carbons (Fsp3) is 0.368. The maximum atomic E-state index is 12.4. The van der Waals surface area contributed by atoms with E-state index < -0.39 is 11.2 Å². The Morgan fingerprint density at radius 2 is 1.96 bits per heavy atom. The Hall–Kier alpha value is -3.16. The van der Waals surface area contributed by atoms with Gasteiger partial charge in [0.1, 0.15) is 0 Å². The molecule has 0 bridgehead atoms. The van der Waals surface area contributed by atoms with Gasteiger partial charge in [-0.3, -0.25) is 14.3 Å². The van der Waals surface area contributed by atoms with Gasteiger partial charge in [-0.2, -0.15) is 10.1 Å². The van der Waals surface area contributed by atoms with E-state index in [-0.39, 0.29) is 0 Å². The van der Waals surface area contributed by atoms with Crippen molar-refractivity contribution in [3.05, 3.63) is 56.7 Å². The van der Waals surface area contributed by atoms with Gasteiger partial charge in [-0.1, -0.05) is 44.2 Å². The number of hydrazone groups is 1. The first kappa shape index (κ1) is 18.6. The van der Waals surface area contributed by atoms with Crippen LogP contribution in [-0.2, 0) is 13.6 Å². The van der Waals surface area contributed by atoms with Crippen molar-refractivity contribution in [2.45, 2.75) is 33.7 Å². The summed E-state index contributed by atoms with van der Waals surface area (Å²) in [5.41, 5.74) is 4.52. The molecule has 0 aliphatic heterocycles. The second kappa shape index (κ2) is 7.61. The zero-order chi connectivity index (χ0) is 19.6. The number of fused-ring (bicyclic) bond motifs is 1. The van der Waals surface area contributed by atoms with Gasteiger partial charge in [0.15, 0.2) is 11.2 Å². The smallest absolute Gasteiger partial charge is 0.303 e. The molecule has 0 aliphatic carbocycles. The van der Waals surface area contributed by atoms with Gasteiger partial charge in [0, 0.05) is 13.6 Å². The highest BCUT2D eigenvalue weighted by molar-refractivity contribution is 5.99. The first-order valence-electron chi connectivity index (χ1n) is 8.93. The molecule has 2 N–H and O–H groups in total. The number of benzene rings is 1. The Labute approximate surface area is 156 Å². The van der Waals surface area contributed by atoms with Crippen LogP contribution in [0.25, 0.3) is 11.2 Å². The molecule has 0 saturated carbocycles. The number of rotatable bonds is 6. The lowest BCUT2D eigenvalue weighted by Crippen LogP contribution is -2.29. The normalized spacial score (nSPS) is 12.1. The number of aryl methyl sites for hydroxylation is 2. The maximum absolute atomic E-state index is 12.4. The van der Waals surface area contributed by atoms with Crippen LogP contribution in [0.1, 0.15) is 32.8 Å². The van der Waals surface area contributed by atoms with Crippen LogP contribution in [-0.4, -0.2) is 24.8 Å². The van der Waals surface area contributed by atoms with Crippen LogP contribution in [0.5, 0.6) is 0 Å². The molecule has 0 spiro atoms. The molecule has 0 saturated heterocycles. The number of nitrogens with one attached hydrogen (secondary N) is 2. The number of anilines is 1. The topological polar surface area (TPSA) is 97.1 Å². The Bertz CT molecular complexity index is 1090. The molecule has 3 aromatic rings. The third-order valence-electron chi connectivity index (χ3n) is 4.45. The lowest BCUT2D eigenvalue weighted by atomic mass is 10.1. The quantitative estimate of drug-likeness (QED) is 0.515. The van der Waals surface area contributed by atoms with E-state index in [1.54, 1.807) is 11.6 Å². The van der Waals surface area contributed by atoms with E-state index in [4.69, 9.17) is 0 Å². The number of aromatic amines is 1. The van der Waals surface area contributed by atoms with Crippen molar-refractivity contribution in [1.82, 2.24) is 19.1 Å². The molecule has 2 heterocycles. The molecular formula is C19H24N6O2. The minimum atomic E-state index is -0.489. The van der Waals surface area contributed by atoms with E-state index in [2.05, 4.69) is 34.3 Å². The highest BCUT2D eigenvalue weighted by Gasteiger charge is 2.17. The van der Waals surface area contributed by atoms with Gasteiger partial charge in [-0.05, 0) is 24.8 Å². The SMILES string of the molecule is CC(=NNc1nc2c(c(=O)[nH]c(=O)n2C)n1CCC(C)C)c1ccccc1. The minimum Gasteiger partial charge on any atom is -0.303 e. The number of H-pyrrole nitrogens is 1. The summed E-state index contributed by atoms with van der Waals surface area (Å²) in [5.74, 6) is 0.893. The number of nitrogens with zero attached hydrogens (tertiary/aromatic N) is 4. The van der Waals surface area contributed by atoms with Crippen molar-refractivity contribution in [1.29, 1.82) is 0 Å². The molecule has 0 aliphatic rings. The Morgan fingerprint density at radius 1 is 1.26 bits per heavy atom. The van der Waals surface area contributed by atoms with Gasteiger partial charge in [0.25, 0.3) is 5.56 Å². The zero-order valence-electron chi connectivity index (χ0n) is 16.0. The maximum Gasteiger partial charge on any atom is 0.329 e. The van der Waals surface area contributed by atoms with Crippen LogP contribution in [0.3, 0.4) is 0 Å². The van der Waals surface area contributed by atoms with Gasteiger partial charge in [0.05, 0.1) is 5.71 Å². The summed E-state index contributed by atoms with van der Waals surface area (Å²) in [7, 11) is 1.59. The zero-order valence-corrected chi connectivity index (χ0v) is 16.0. The molecule has 0 fully saturated rings. The second-order valence-electron chi connectivity index (χ2n) is 6.94. The first-order chi connectivity index (χ1) is 12.9. The molecule has 0 amide bonds. The summed E-state index contributed by atoms with van der Waals surface area (Å²) in [6.45, 7) is 6.72. The average molecular weight is 368 g/mol. The van der Waals surface area contributed by atoms with Crippen LogP contribution in [0, 0.1) is 5.92 Å². The molecular weight excluding hydrogens is 344 g/mol. The van der Waals surface area contributed by atoms with Crippen LogP contribution in [0.15, 0.2) is 45.0 Å². The molecule has 0 atom stereocenters. The van der Waals surface area contributed by atoms with Crippen molar-refractivity contribution >= 4 is 22.8 Å². The fourth-order valence-electron chi connectivity index (χ4n) is 2.80. The summed E-state index contributed by atoms with van der Waals surface area (Å²) >= 11 is 0. The predicted octanol–water partition coefficient (Wildman–Crippen LogP) is 2.31. The van der Waals surface area contributed by atoms with E-state index in [9.17, 15) is 9.59 Å². The van der Waals surface area contributed by atoms with Gasteiger partial charge < -0.3 is 4.57 Å². The van der Waals surface area contributed by atoms with Gasteiger partial charge >= 0.3 is 5.69 Å². The van der Waals surface area contributed by atoms with Crippen molar-refractivity contribution < 1.29 is 0 Å². The van der Waals surface area contributed by atoms with Crippen molar-refractivity contribution in [3.63, 3.8) is 0 Å². The van der Waals surface area contributed by atoms with E-state index in [0.29, 0.717) is 29.6 Å². The number of aromatic nitrogens is 4. The molecule has 8 nitrogen and oxygen atoms in total. The van der Waals surface area contributed by atoms with Crippen LogP contribution >= 0.6 is 0 Å².